The summed E-state index contributed by atoms with van der Waals surface area (Å²) in [6.07, 6.45) is 3.32. The van der Waals surface area contributed by atoms with Gasteiger partial charge >= 0.3 is 0 Å². The quantitative estimate of drug-likeness (QED) is 0.660. The molecule has 1 aromatic rings. The van der Waals surface area contributed by atoms with E-state index in [0.29, 0.717) is 6.54 Å². The van der Waals surface area contributed by atoms with Crippen LogP contribution in [-0.4, -0.2) is 24.1 Å². The Labute approximate surface area is 115 Å². The van der Waals surface area contributed by atoms with E-state index in [1.54, 1.807) is 0 Å². The summed E-state index contributed by atoms with van der Waals surface area (Å²) in [7, 11) is 0. The molecule has 0 aliphatic carbocycles. The van der Waals surface area contributed by atoms with Gasteiger partial charge in [-0.05, 0) is 25.5 Å². The number of piperidine rings is 1. The van der Waals surface area contributed by atoms with E-state index in [2.05, 4.69) is 10.6 Å². The number of rotatable bonds is 4. The van der Waals surface area contributed by atoms with E-state index in [9.17, 15) is 14.5 Å². The summed E-state index contributed by atoms with van der Waals surface area (Å²) in [5.41, 5.74) is -0.0403. The van der Waals surface area contributed by atoms with Crippen molar-refractivity contribution in [1.29, 1.82) is 0 Å². The van der Waals surface area contributed by atoms with Crippen LogP contribution >= 0.6 is 11.6 Å². The number of hydrogen-bond donors (Lipinski definition) is 2. The highest BCUT2D eigenvalue weighted by Gasteiger charge is 2.19. The second kappa shape index (κ2) is 6.16. The molecule has 0 aromatic heterocycles. The van der Waals surface area contributed by atoms with Gasteiger partial charge in [-0.2, -0.15) is 0 Å². The number of nitrogens with zero attached hydrogens (tertiary/aromatic N) is 1. The van der Waals surface area contributed by atoms with Crippen molar-refractivity contribution in [2.45, 2.75) is 25.3 Å². The summed E-state index contributed by atoms with van der Waals surface area (Å²) in [6.45, 7) is 1.52. The van der Waals surface area contributed by atoms with Crippen molar-refractivity contribution < 1.29 is 9.31 Å². The molecule has 0 amide bonds. The summed E-state index contributed by atoms with van der Waals surface area (Å²) >= 11 is 5.66. The maximum atomic E-state index is 13.2. The molecule has 1 aliphatic heterocycles. The molecule has 1 unspecified atom stereocenters. The minimum Gasteiger partial charge on any atom is -0.378 e. The SMILES string of the molecule is O=[N+]([O-])c1cc(F)c(Cl)cc1NCC1CCCCN1. The Hall–Kier alpha value is -1.40. The van der Waals surface area contributed by atoms with Crippen LogP contribution in [0.3, 0.4) is 0 Å². The van der Waals surface area contributed by atoms with Crippen molar-refractivity contribution in [1.82, 2.24) is 5.32 Å². The first-order chi connectivity index (χ1) is 9.08. The van der Waals surface area contributed by atoms with Crippen molar-refractivity contribution >= 4 is 23.0 Å². The van der Waals surface area contributed by atoms with Gasteiger partial charge in [0.25, 0.3) is 5.69 Å². The predicted octanol–water partition coefficient (Wildman–Crippen LogP) is 2.94. The van der Waals surface area contributed by atoms with E-state index in [0.717, 1.165) is 31.9 Å². The van der Waals surface area contributed by atoms with Crippen LogP contribution in [0.15, 0.2) is 12.1 Å². The highest BCUT2D eigenvalue weighted by atomic mass is 35.5. The highest BCUT2D eigenvalue weighted by molar-refractivity contribution is 6.31. The fourth-order valence-corrected chi connectivity index (χ4v) is 2.32. The van der Waals surface area contributed by atoms with Gasteiger partial charge in [0.15, 0.2) is 0 Å². The first-order valence-corrected chi connectivity index (χ1v) is 6.56. The molecule has 0 radical (unpaired) electrons. The molecular formula is C12H15ClFN3O2. The molecule has 104 valence electrons. The third kappa shape index (κ3) is 3.54. The third-order valence-corrected chi connectivity index (χ3v) is 3.48. The molecule has 1 atom stereocenters. The topological polar surface area (TPSA) is 67.2 Å². The van der Waals surface area contributed by atoms with E-state index in [1.165, 1.54) is 6.07 Å². The lowest BCUT2D eigenvalue weighted by Crippen LogP contribution is -2.39. The van der Waals surface area contributed by atoms with Gasteiger partial charge in [0.2, 0.25) is 0 Å². The average molecular weight is 288 g/mol. The van der Waals surface area contributed by atoms with Gasteiger partial charge in [0.1, 0.15) is 11.5 Å². The number of nitrogens with one attached hydrogen (secondary N) is 2. The Morgan fingerprint density at radius 3 is 2.95 bits per heavy atom. The fraction of sp³-hybridized carbons (Fsp3) is 0.500. The van der Waals surface area contributed by atoms with Gasteiger partial charge in [-0.25, -0.2) is 4.39 Å². The van der Waals surface area contributed by atoms with E-state index in [4.69, 9.17) is 11.6 Å². The molecule has 1 heterocycles. The maximum Gasteiger partial charge on any atom is 0.295 e. The summed E-state index contributed by atoms with van der Waals surface area (Å²) in [4.78, 5) is 10.3. The van der Waals surface area contributed by atoms with Crippen molar-refractivity contribution in [2.75, 3.05) is 18.4 Å². The molecule has 2 rings (SSSR count). The van der Waals surface area contributed by atoms with Crippen LogP contribution in [0.5, 0.6) is 0 Å². The number of nitro benzene ring substituents is 1. The molecule has 19 heavy (non-hydrogen) atoms. The zero-order chi connectivity index (χ0) is 13.8. The first kappa shape index (κ1) is 14.0. The van der Waals surface area contributed by atoms with Crippen LogP contribution < -0.4 is 10.6 Å². The maximum absolute atomic E-state index is 13.2. The van der Waals surface area contributed by atoms with Crippen molar-refractivity contribution in [3.8, 4) is 0 Å². The van der Waals surface area contributed by atoms with E-state index in [1.807, 2.05) is 0 Å². The Balaban J connectivity index is 2.09. The van der Waals surface area contributed by atoms with Crippen LogP contribution in [0, 0.1) is 15.9 Å². The fourth-order valence-electron chi connectivity index (χ4n) is 2.16. The number of anilines is 1. The lowest BCUT2D eigenvalue weighted by molar-refractivity contribution is -0.384. The molecule has 1 aliphatic rings. The molecule has 2 N–H and O–H groups in total. The van der Waals surface area contributed by atoms with Crippen LogP contribution in [0.1, 0.15) is 19.3 Å². The molecule has 0 spiro atoms. The average Bonchev–Trinajstić information content (AvgIpc) is 2.40. The Kier molecular flexibility index (Phi) is 4.55. The number of halogens is 2. The standard InChI is InChI=1S/C12H15ClFN3O2/c13-9-5-11(12(17(18)19)6-10(9)14)16-7-8-3-1-2-4-15-8/h5-6,8,15-16H,1-4,7H2. The van der Waals surface area contributed by atoms with Gasteiger partial charge < -0.3 is 10.6 Å². The minimum absolute atomic E-state index is 0.121. The highest BCUT2D eigenvalue weighted by Crippen LogP contribution is 2.30. The second-order valence-corrected chi connectivity index (χ2v) is 4.98. The zero-order valence-corrected chi connectivity index (χ0v) is 11.0. The lowest BCUT2D eigenvalue weighted by atomic mass is 10.1. The third-order valence-electron chi connectivity index (χ3n) is 3.19. The molecule has 1 saturated heterocycles. The van der Waals surface area contributed by atoms with Crippen LogP contribution in [0.2, 0.25) is 5.02 Å². The number of benzene rings is 1. The predicted molar refractivity (Wildman–Crippen MR) is 72.2 cm³/mol. The van der Waals surface area contributed by atoms with Crippen LogP contribution in [-0.2, 0) is 0 Å². The smallest absolute Gasteiger partial charge is 0.295 e. The molecule has 5 nitrogen and oxygen atoms in total. The van der Waals surface area contributed by atoms with Crippen molar-refractivity contribution in [2.24, 2.45) is 0 Å². The van der Waals surface area contributed by atoms with Crippen molar-refractivity contribution in [3.63, 3.8) is 0 Å². The van der Waals surface area contributed by atoms with Crippen LogP contribution in [0.25, 0.3) is 0 Å². The Bertz CT molecular complexity index is 478. The second-order valence-electron chi connectivity index (χ2n) is 4.57. The van der Waals surface area contributed by atoms with Crippen molar-refractivity contribution in [3.05, 3.63) is 33.1 Å². The molecular weight excluding hydrogens is 273 g/mol. The molecule has 0 bridgehead atoms. The Morgan fingerprint density at radius 1 is 1.53 bits per heavy atom. The monoisotopic (exact) mass is 287 g/mol. The van der Waals surface area contributed by atoms with E-state index in [-0.39, 0.29) is 22.4 Å². The molecule has 7 heteroatoms. The Morgan fingerprint density at radius 2 is 2.32 bits per heavy atom. The summed E-state index contributed by atoms with van der Waals surface area (Å²) < 4.78 is 13.2. The van der Waals surface area contributed by atoms with E-state index >= 15 is 0 Å². The van der Waals surface area contributed by atoms with Gasteiger partial charge in [0.05, 0.1) is 16.0 Å². The molecule has 1 aromatic carbocycles. The summed E-state index contributed by atoms with van der Waals surface area (Å²) in [5, 5.41) is 17.1. The molecule has 1 fully saturated rings. The summed E-state index contributed by atoms with van der Waals surface area (Å²) in [6, 6.07) is 2.38. The lowest BCUT2D eigenvalue weighted by Gasteiger charge is -2.24. The summed E-state index contributed by atoms with van der Waals surface area (Å²) in [5.74, 6) is -0.783. The van der Waals surface area contributed by atoms with E-state index < -0.39 is 10.7 Å². The minimum atomic E-state index is -0.783. The largest absolute Gasteiger partial charge is 0.378 e. The number of hydrogen-bond acceptors (Lipinski definition) is 4. The van der Waals surface area contributed by atoms with Gasteiger partial charge in [-0.3, -0.25) is 10.1 Å². The molecule has 0 saturated carbocycles. The van der Waals surface area contributed by atoms with Gasteiger partial charge in [-0.15, -0.1) is 0 Å². The zero-order valence-electron chi connectivity index (χ0n) is 10.3. The number of nitro groups is 1. The van der Waals surface area contributed by atoms with Crippen LogP contribution in [0.4, 0.5) is 15.8 Å². The van der Waals surface area contributed by atoms with Gasteiger partial charge in [0, 0.05) is 12.6 Å². The van der Waals surface area contributed by atoms with Gasteiger partial charge in [-0.1, -0.05) is 18.0 Å². The normalized spacial score (nSPS) is 19.2. The first-order valence-electron chi connectivity index (χ1n) is 6.18.